The third-order valence-corrected chi connectivity index (χ3v) is 4.48. The van der Waals surface area contributed by atoms with Crippen LogP contribution in [0.5, 0.6) is 5.75 Å². The molecule has 6 heteroatoms. The molecule has 124 valence electrons. The van der Waals surface area contributed by atoms with Crippen LogP contribution in [0.2, 0.25) is 0 Å². The average molecular weight is 337 g/mol. The van der Waals surface area contributed by atoms with E-state index in [0.29, 0.717) is 16.5 Å². The highest BCUT2D eigenvalue weighted by Gasteiger charge is 2.20. The van der Waals surface area contributed by atoms with Gasteiger partial charge in [0.05, 0.1) is 0 Å². The van der Waals surface area contributed by atoms with Crippen LogP contribution in [0.1, 0.15) is 23.7 Å². The van der Waals surface area contributed by atoms with Crippen LogP contribution in [0, 0.1) is 6.92 Å². The Bertz CT molecular complexity index is 717. The minimum Gasteiger partial charge on any atom is -0.486 e. The number of ether oxygens (including phenoxy) is 1. The van der Waals surface area contributed by atoms with Crippen LogP contribution >= 0.6 is 0 Å². The summed E-state index contributed by atoms with van der Waals surface area (Å²) in [6.45, 7) is 2.02. The molecule has 1 unspecified atom stereocenters. The third-order valence-electron chi connectivity index (χ3n) is 3.55. The molecule has 0 amide bonds. The fraction of sp³-hybridized carbons (Fsp3) is 0.294. The molecule has 0 aliphatic carbocycles. The van der Waals surface area contributed by atoms with Crippen molar-refractivity contribution < 1.29 is 17.0 Å². The predicted octanol–water partition coefficient (Wildman–Crippen LogP) is 3.65. The molecule has 4 nitrogen and oxygen atoms in total. The number of hydrogen-bond donors (Lipinski definition) is 0. The van der Waals surface area contributed by atoms with Gasteiger partial charge >= 0.3 is 10.4 Å². The lowest BCUT2D eigenvalue weighted by Crippen LogP contribution is -2.26. The van der Waals surface area contributed by atoms with Gasteiger partial charge in [-0.05, 0) is 24.6 Å². The van der Waals surface area contributed by atoms with Gasteiger partial charge in [0.2, 0.25) is 0 Å². The standard InChI is InChI=1S/C17H20FNO3S/c1-14-8-10-16(11-9-14)22-17(15-6-4-3-5-7-15)12-13-19(2)23(18,20)21/h3-11,17H,12-13H2,1-2H3. The molecule has 0 N–H and O–H groups in total. The SMILES string of the molecule is Cc1ccc(OC(CCN(C)S(=O)(=O)F)c2ccccc2)cc1. The first-order chi connectivity index (χ1) is 10.9. The van der Waals surface area contributed by atoms with Gasteiger partial charge in [0, 0.05) is 20.0 Å². The van der Waals surface area contributed by atoms with Crippen molar-refractivity contribution >= 4 is 10.4 Å². The summed E-state index contributed by atoms with van der Waals surface area (Å²) >= 11 is 0. The van der Waals surface area contributed by atoms with E-state index in [-0.39, 0.29) is 12.6 Å². The van der Waals surface area contributed by atoms with Gasteiger partial charge in [0.25, 0.3) is 0 Å². The lowest BCUT2D eigenvalue weighted by Gasteiger charge is -2.21. The molecule has 0 aliphatic heterocycles. The lowest BCUT2D eigenvalue weighted by atomic mass is 10.1. The van der Waals surface area contributed by atoms with E-state index in [2.05, 4.69) is 0 Å². The normalized spacial score (nSPS) is 13.0. The van der Waals surface area contributed by atoms with Gasteiger partial charge in [-0.15, -0.1) is 0 Å². The molecule has 0 heterocycles. The van der Waals surface area contributed by atoms with Crippen molar-refractivity contribution in [2.24, 2.45) is 0 Å². The van der Waals surface area contributed by atoms with E-state index in [4.69, 9.17) is 4.74 Å². The van der Waals surface area contributed by atoms with Crippen LogP contribution in [0.4, 0.5) is 3.89 Å². The third kappa shape index (κ3) is 5.33. The highest BCUT2D eigenvalue weighted by atomic mass is 32.3. The second-order valence-electron chi connectivity index (χ2n) is 5.38. The molecule has 2 aromatic carbocycles. The monoisotopic (exact) mass is 337 g/mol. The molecule has 0 saturated heterocycles. The van der Waals surface area contributed by atoms with Crippen LogP contribution < -0.4 is 4.74 Å². The van der Waals surface area contributed by atoms with Crippen molar-refractivity contribution in [2.45, 2.75) is 19.4 Å². The maximum Gasteiger partial charge on any atom is 0.374 e. The minimum absolute atomic E-state index is 0.0320. The molecule has 0 spiro atoms. The molecule has 0 radical (unpaired) electrons. The summed E-state index contributed by atoms with van der Waals surface area (Å²) in [6.07, 6.45) is -0.0135. The Balaban J connectivity index is 2.14. The number of benzene rings is 2. The van der Waals surface area contributed by atoms with Crippen LogP contribution in [-0.4, -0.2) is 26.3 Å². The number of halogens is 1. The van der Waals surface area contributed by atoms with E-state index in [9.17, 15) is 12.3 Å². The summed E-state index contributed by atoms with van der Waals surface area (Å²) in [7, 11) is -3.47. The van der Waals surface area contributed by atoms with E-state index in [1.807, 2.05) is 61.5 Å². The Labute approximate surface area is 136 Å². The molecule has 2 rings (SSSR count). The summed E-state index contributed by atoms with van der Waals surface area (Å²) in [5.41, 5.74) is 2.04. The summed E-state index contributed by atoms with van der Waals surface area (Å²) in [4.78, 5) is 0. The maximum absolute atomic E-state index is 13.0. The number of rotatable bonds is 7. The maximum atomic E-state index is 13.0. The van der Waals surface area contributed by atoms with Gasteiger partial charge in [-0.3, -0.25) is 0 Å². The minimum atomic E-state index is -4.68. The molecule has 0 saturated carbocycles. The number of nitrogens with zero attached hydrogens (tertiary/aromatic N) is 1. The van der Waals surface area contributed by atoms with Gasteiger partial charge < -0.3 is 4.74 Å². The van der Waals surface area contributed by atoms with Crippen molar-refractivity contribution in [2.75, 3.05) is 13.6 Å². The molecule has 0 aliphatic rings. The molecular weight excluding hydrogens is 317 g/mol. The van der Waals surface area contributed by atoms with Crippen LogP contribution in [-0.2, 0) is 10.4 Å². The fourth-order valence-corrected chi connectivity index (χ4v) is 2.47. The highest BCUT2D eigenvalue weighted by Crippen LogP contribution is 2.25. The number of aryl methyl sites for hydroxylation is 1. The van der Waals surface area contributed by atoms with Crippen molar-refractivity contribution in [1.82, 2.24) is 4.31 Å². The van der Waals surface area contributed by atoms with E-state index in [1.54, 1.807) is 0 Å². The molecule has 0 bridgehead atoms. The van der Waals surface area contributed by atoms with E-state index in [0.717, 1.165) is 11.1 Å². The predicted molar refractivity (Wildman–Crippen MR) is 88.3 cm³/mol. The molecule has 2 aromatic rings. The van der Waals surface area contributed by atoms with Crippen molar-refractivity contribution in [3.05, 3.63) is 65.7 Å². The van der Waals surface area contributed by atoms with E-state index >= 15 is 0 Å². The lowest BCUT2D eigenvalue weighted by molar-refractivity contribution is 0.186. The van der Waals surface area contributed by atoms with Gasteiger partial charge in [0.1, 0.15) is 11.9 Å². The number of hydrogen-bond acceptors (Lipinski definition) is 3. The van der Waals surface area contributed by atoms with E-state index < -0.39 is 10.4 Å². The molecular formula is C17H20FNO3S. The molecule has 0 fully saturated rings. The van der Waals surface area contributed by atoms with Crippen molar-refractivity contribution in [3.63, 3.8) is 0 Å². The van der Waals surface area contributed by atoms with E-state index in [1.165, 1.54) is 7.05 Å². The Morgan fingerprint density at radius 3 is 2.26 bits per heavy atom. The Morgan fingerprint density at radius 2 is 1.70 bits per heavy atom. The van der Waals surface area contributed by atoms with Gasteiger partial charge in [-0.1, -0.05) is 51.9 Å². The fourth-order valence-electron chi connectivity index (χ4n) is 2.15. The summed E-state index contributed by atoms with van der Waals surface area (Å²) < 4.78 is 41.4. The summed E-state index contributed by atoms with van der Waals surface area (Å²) in [5, 5.41) is 0. The van der Waals surface area contributed by atoms with Crippen LogP contribution in [0.3, 0.4) is 0 Å². The largest absolute Gasteiger partial charge is 0.486 e. The van der Waals surface area contributed by atoms with Crippen molar-refractivity contribution in [3.8, 4) is 5.75 Å². The average Bonchev–Trinajstić information content (AvgIpc) is 2.53. The highest BCUT2D eigenvalue weighted by molar-refractivity contribution is 7.83. The zero-order chi connectivity index (χ0) is 16.9. The first kappa shape index (κ1) is 17.4. The quantitative estimate of drug-likeness (QED) is 0.725. The Hall–Kier alpha value is -1.92. The van der Waals surface area contributed by atoms with Gasteiger partial charge in [-0.2, -0.15) is 12.7 Å². The second-order valence-corrected chi connectivity index (χ2v) is 6.83. The van der Waals surface area contributed by atoms with Crippen molar-refractivity contribution in [1.29, 1.82) is 0 Å². The Morgan fingerprint density at radius 1 is 1.09 bits per heavy atom. The first-order valence-corrected chi connectivity index (χ1v) is 8.64. The molecule has 0 aromatic heterocycles. The zero-order valence-electron chi connectivity index (χ0n) is 13.1. The smallest absolute Gasteiger partial charge is 0.374 e. The van der Waals surface area contributed by atoms with Crippen LogP contribution in [0.25, 0.3) is 0 Å². The topological polar surface area (TPSA) is 46.6 Å². The molecule has 1 atom stereocenters. The summed E-state index contributed by atoms with van der Waals surface area (Å²) in [6, 6.07) is 17.1. The first-order valence-electron chi connectivity index (χ1n) is 7.30. The summed E-state index contributed by atoms with van der Waals surface area (Å²) in [5.74, 6) is 0.690. The second kappa shape index (κ2) is 7.57. The van der Waals surface area contributed by atoms with Gasteiger partial charge in [-0.25, -0.2) is 0 Å². The molecule has 23 heavy (non-hydrogen) atoms. The van der Waals surface area contributed by atoms with Gasteiger partial charge in [0.15, 0.2) is 0 Å². The Kier molecular flexibility index (Phi) is 5.74. The zero-order valence-corrected chi connectivity index (χ0v) is 14.0. The van der Waals surface area contributed by atoms with Crippen LogP contribution in [0.15, 0.2) is 54.6 Å².